The van der Waals surface area contributed by atoms with E-state index in [1.165, 1.54) is 13.2 Å². The van der Waals surface area contributed by atoms with Gasteiger partial charge in [-0.3, -0.25) is 14.5 Å². The third kappa shape index (κ3) is 5.42. The molecule has 1 saturated heterocycles. The fraction of sp³-hybridized carbons (Fsp3) is 0.556. The van der Waals surface area contributed by atoms with Crippen LogP contribution in [0.15, 0.2) is 18.2 Å². The monoisotopic (exact) mass is 351 g/mol. The van der Waals surface area contributed by atoms with E-state index in [1.807, 2.05) is 18.7 Å². The van der Waals surface area contributed by atoms with Gasteiger partial charge >= 0.3 is 0 Å². The molecule has 6 nitrogen and oxygen atoms in total. The van der Waals surface area contributed by atoms with E-state index in [9.17, 15) is 14.0 Å². The molecule has 1 atom stereocenters. The maximum Gasteiger partial charge on any atom is 0.237 e. The Morgan fingerprint density at radius 3 is 2.88 bits per heavy atom. The number of hydrogen-bond donors (Lipinski definition) is 2. The van der Waals surface area contributed by atoms with Crippen molar-refractivity contribution in [1.29, 1.82) is 0 Å². The van der Waals surface area contributed by atoms with Crippen molar-refractivity contribution in [1.82, 2.24) is 15.5 Å². The molecule has 7 heteroatoms. The van der Waals surface area contributed by atoms with Gasteiger partial charge in [0, 0.05) is 37.8 Å². The van der Waals surface area contributed by atoms with Crippen LogP contribution in [0.4, 0.5) is 4.39 Å². The number of nitrogens with one attached hydrogen (secondary N) is 2. The van der Waals surface area contributed by atoms with Crippen molar-refractivity contribution in [2.45, 2.75) is 32.9 Å². The molecular weight excluding hydrogens is 325 g/mol. The predicted molar refractivity (Wildman–Crippen MR) is 92.6 cm³/mol. The zero-order valence-electron chi connectivity index (χ0n) is 15.0. The van der Waals surface area contributed by atoms with Crippen LogP contribution in [0, 0.1) is 11.7 Å². The van der Waals surface area contributed by atoms with E-state index >= 15 is 0 Å². The molecule has 1 aromatic rings. The van der Waals surface area contributed by atoms with Gasteiger partial charge in [-0.25, -0.2) is 4.39 Å². The Hall–Kier alpha value is -2.15. The number of nitrogens with zero attached hydrogens (tertiary/aromatic N) is 1. The van der Waals surface area contributed by atoms with Gasteiger partial charge in [0.15, 0.2) is 0 Å². The lowest BCUT2D eigenvalue weighted by molar-refractivity contribution is -0.134. The van der Waals surface area contributed by atoms with Gasteiger partial charge in [-0.05, 0) is 12.0 Å². The first kappa shape index (κ1) is 19.2. The molecule has 0 aromatic heterocycles. The lowest BCUT2D eigenvalue weighted by atomic mass is 10.1. The van der Waals surface area contributed by atoms with Crippen LogP contribution in [0.25, 0.3) is 0 Å². The molecule has 1 fully saturated rings. The second kappa shape index (κ2) is 8.80. The Kier molecular flexibility index (Phi) is 6.75. The van der Waals surface area contributed by atoms with Gasteiger partial charge in [0.25, 0.3) is 0 Å². The van der Waals surface area contributed by atoms with E-state index < -0.39 is 6.04 Å². The highest BCUT2D eigenvalue weighted by Gasteiger charge is 2.32. The molecule has 25 heavy (non-hydrogen) atoms. The number of halogens is 1. The molecule has 1 aromatic carbocycles. The van der Waals surface area contributed by atoms with Crippen molar-refractivity contribution in [3.8, 4) is 5.75 Å². The average Bonchev–Trinajstić information content (AvgIpc) is 2.57. The van der Waals surface area contributed by atoms with Crippen LogP contribution < -0.4 is 15.4 Å². The molecule has 0 bridgehead atoms. The number of methoxy groups -OCH3 is 1. The minimum atomic E-state index is -0.595. The van der Waals surface area contributed by atoms with Crippen LogP contribution in [0.3, 0.4) is 0 Å². The van der Waals surface area contributed by atoms with Crippen molar-refractivity contribution in [2.24, 2.45) is 5.92 Å². The van der Waals surface area contributed by atoms with Gasteiger partial charge in [0.05, 0.1) is 19.6 Å². The molecule has 2 rings (SSSR count). The SMILES string of the molecule is COc1ccc(CN2CCNC(=O)[C@H]2CC(=O)NCC(C)C)c(F)c1. The largest absolute Gasteiger partial charge is 0.497 e. The first-order chi connectivity index (χ1) is 11.9. The second-order valence-corrected chi connectivity index (χ2v) is 6.64. The summed E-state index contributed by atoms with van der Waals surface area (Å²) in [5, 5.41) is 5.60. The first-order valence-corrected chi connectivity index (χ1v) is 8.51. The summed E-state index contributed by atoms with van der Waals surface area (Å²) in [5.41, 5.74) is 0.475. The van der Waals surface area contributed by atoms with Crippen LogP contribution in [-0.4, -0.2) is 49.5 Å². The third-order valence-corrected chi connectivity index (χ3v) is 4.16. The number of carbonyl (C=O) groups is 2. The van der Waals surface area contributed by atoms with E-state index in [1.54, 1.807) is 12.1 Å². The van der Waals surface area contributed by atoms with E-state index in [0.29, 0.717) is 36.9 Å². The minimum absolute atomic E-state index is 0.0658. The third-order valence-electron chi connectivity index (χ3n) is 4.16. The summed E-state index contributed by atoms with van der Waals surface area (Å²) in [7, 11) is 1.48. The molecule has 1 aliphatic heterocycles. The molecule has 0 unspecified atom stereocenters. The van der Waals surface area contributed by atoms with Gasteiger partial charge in [-0.2, -0.15) is 0 Å². The van der Waals surface area contributed by atoms with Crippen LogP contribution in [-0.2, 0) is 16.1 Å². The smallest absolute Gasteiger partial charge is 0.237 e. The summed E-state index contributed by atoms with van der Waals surface area (Å²) in [6.45, 7) is 5.91. The highest BCUT2D eigenvalue weighted by Crippen LogP contribution is 2.20. The zero-order valence-corrected chi connectivity index (χ0v) is 15.0. The van der Waals surface area contributed by atoms with Crippen molar-refractivity contribution < 1.29 is 18.7 Å². The molecule has 138 valence electrons. The molecule has 0 aliphatic carbocycles. The quantitative estimate of drug-likeness (QED) is 0.777. The number of rotatable bonds is 7. The summed E-state index contributed by atoms with van der Waals surface area (Å²) >= 11 is 0. The van der Waals surface area contributed by atoms with E-state index in [2.05, 4.69) is 10.6 Å². The molecule has 0 spiro atoms. The number of ether oxygens (including phenoxy) is 1. The van der Waals surface area contributed by atoms with Crippen molar-refractivity contribution in [3.05, 3.63) is 29.6 Å². The normalized spacial score (nSPS) is 18.1. The Morgan fingerprint density at radius 1 is 1.48 bits per heavy atom. The summed E-state index contributed by atoms with van der Waals surface area (Å²) in [6.07, 6.45) is 0.0658. The van der Waals surface area contributed by atoms with Gasteiger partial charge in [-0.1, -0.05) is 19.9 Å². The molecule has 0 radical (unpaired) electrons. The maximum atomic E-state index is 14.2. The number of piperazine rings is 1. The second-order valence-electron chi connectivity index (χ2n) is 6.64. The van der Waals surface area contributed by atoms with Crippen molar-refractivity contribution >= 4 is 11.8 Å². The maximum absolute atomic E-state index is 14.2. The number of benzene rings is 1. The molecule has 0 saturated carbocycles. The summed E-state index contributed by atoms with van der Waals surface area (Å²) in [4.78, 5) is 26.2. The molecular formula is C18H26FN3O3. The zero-order chi connectivity index (χ0) is 18.4. The molecule has 2 N–H and O–H groups in total. The van der Waals surface area contributed by atoms with Crippen molar-refractivity contribution in [3.63, 3.8) is 0 Å². The standard InChI is InChI=1S/C18H26FN3O3/c1-12(2)10-21-17(23)9-16-18(24)20-6-7-22(16)11-13-4-5-14(25-3)8-15(13)19/h4-5,8,12,16H,6-7,9-11H2,1-3H3,(H,20,24)(H,21,23)/t16-/m1/s1. The van der Waals surface area contributed by atoms with E-state index in [0.717, 1.165) is 0 Å². The number of hydrogen-bond acceptors (Lipinski definition) is 4. The number of amides is 2. The average molecular weight is 351 g/mol. The summed E-state index contributed by atoms with van der Waals surface area (Å²) in [5.74, 6) is 0.0417. The van der Waals surface area contributed by atoms with Crippen LogP contribution in [0.5, 0.6) is 5.75 Å². The molecule has 1 aliphatic rings. The summed E-state index contributed by atoms with van der Waals surface area (Å²) < 4.78 is 19.2. The Balaban J connectivity index is 2.06. The first-order valence-electron chi connectivity index (χ1n) is 8.51. The number of carbonyl (C=O) groups excluding carboxylic acids is 2. The Bertz CT molecular complexity index is 622. The fourth-order valence-corrected chi connectivity index (χ4v) is 2.74. The Morgan fingerprint density at radius 2 is 2.24 bits per heavy atom. The van der Waals surface area contributed by atoms with Gasteiger partial charge in [-0.15, -0.1) is 0 Å². The van der Waals surface area contributed by atoms with E-state index in [-0.39, 0.29) is 30.6 Å². The lowest BCUT2D eigenvalue weighted by Crippen LogP contribution is -2.56. The van der Waals surface area contributed by atoms with Crippen LogP contribution in [0.2, 0.25) is 0 Å². The van der Waals surface area contributed by atoms with E-state index in [4.69, 9.17) is 4.74 Å². The van der Waals surface area contributed by atoms with Gasteiger partial charge in [0.2, 0.25) is 11.8 Å². The van der Waals surface area contributed by atoms with Crippen LogP contribution in [0.1, 0.15) is 25.8 Å². The highest BCUT2D eigenvalue weighted by atomic mass is 19.1. The van der Waals surface area contributed by atoms with Gasteiger partial charge < -0.3 is 15.4 Å². The van der Waals surface area contributed by atoms with Gasteiger partial charge in [0.1, 0.15) is 11.6 Å². The Labute approximate surface area is 147 Å². The highest BCUT2D eigenvalue weighted by molar-refractivity contribution is 5.88. The summed E-state index contributed by atoms with van der Waals surface area (Å²) in [6, 6.07) is 4.06. The predicted octanol–water partition coefficient (Wildman–Crippen LogP) is 1.30. The minimum Gasteiger partial charge on any atom is -0.497 e. The lowest BCUT2D eigenvalue weighted by Gasteiger charge is -2.34. The molecule has 2 amide bonds. The fourth-order valence-electron chi connectivity index (χ4n) is 2.74. The topological polar surface area (TPSA) is 70.7 Å². The molecule has 1 heterocycles. The van der Waals surface area contributed by atoms with Crippen LogP contribution >= 0.6 is 0 Å². The van der Waals surface area contributed by atoms with Crippen molar-refractivity contribution in [2.75, 3.05) is 26.7 Å².